The van der Waals surface area contributed by atoms with Crippen LogP contribution in [0.15, 0.2) is 84.9 Å². The molecule has 38 heavy (non-hydrogen) atoms. The number of rotatable bonds is 7. The zero-order chi connectivity index (χ0) is 26.5. The van der Waals surface area contributed by atoms with Gasteiger partial charge < -0.3 is 9.80 Å². The van der Waals surface area contributed by atoms with Crippen LogP contribution in [0.5, 0.6) is 0 Å². The third kappa shape index (κ3) is 5.62. The van der Waals surface area contributed by atoms with Crippen LogP contribution in [-0.2, 0) is 11.2 Å². The number of nitrogens with zero attached hydrogens (tertiary/aromatic N) is 4. The van der Waals surface area contributed by atoms with E-state index in [1.165, 1.54) is 11.1 Å². The van der Waals surface area contributed by atoms with Gasteiger partial charge in [0.2, 0.25) is 5.91 Å². The summed E-state index contributed by atoms with van der Waals surface area (Å²) >= 11 is 0. The minimum atomic E-state index is -0.0920. The molecule has 5 nitrogen and oxygen atoms in total. The lowest BCUT2D eigenvalue weighted by molar-refractivity contribution is -0.133. The van der Waals surface area contributed by atoms with Crippen LogP contribution < -0.4 is 4.90 Å². The summed E-state index contributed by atoms with van der Waals surface area (Å²) in [5.74, 6) is 1.87. The highest BCUT2D eigenvalue weighted by molar-refractivity contribution is 5.84. The van der Waals surface area contributed by atoms with E-state index in [-0.39, 0.29) is 11.8 Å². The Labute approximate surface area is 226 Å². The smallest absolute Gasteiger partial charge is 0.230 e. The highest BCUT2D eigenvalue weighted by atomic mass is 16.2. The van der Waals surface area contributed by atoms with Crippen molar-refractivity contribution in [3.05, 3.63) is 113 Å². The maximum Gasteiger partial charge on any atom is 0.230 e. The van der Waals surface area contributed by atoms with Gasteiger partial charge in [-0.05, 0) is 31.4 Å². The standard InChI is InChI=1S/C33H36N4O/c1-4-29(27-14-7-5-8-15-27)33(38)37-20-18-36(19-21-37)32-30(23-26-13-11-12-24(2)22-26)25(3)34-31(35-32)28-16-9-6-10-17-28/h5-17,22,29H,4,18-21,23H2,1-3H3/t29-/m0/s1. The van der Waals surface area contributed by atoms with Gasteiger partial charge in [0.05, 0.1) is 5.92 Å². The Balaban J connectivity index is 1.42. The lowest BCUT2D eigenvalue weighted by atomic mass is 9.94. The first kappa shape index (κ1) is 25.7. The van der Waals surface area contributed by atoms with Crippen LogP contribution in [0.2, 0.25) is 0 Å². The first-order chi connectivity index (χ1) is 18.5. The van der Waals surface area contributed by atoms with Gasteiger partial charge in [-0.1, -0.05) is 97.4 Å². The van der Waals surface area contributed by atoms with E-state index in [2.05, 4.69) is 74.2 Å². The van der Waals surface area contributed by atoms with Gasteiger partial charge in [0.1, 0.15) is 5.82 Å². The van der Waals surface area contributed by atoms with Gasteiger partial charge in [0.25, 0.3) is 0 Å². The zero-order valence-electron chi connectivity index (χ0n) is 22.6. The van der Waals surface area contributed by atoms with E-state index in [0.717, 1.165) is 60.0 Å². The fourth-order valence-corrected chi connectivity index (χ4v) is 5.39. The maximum absolute atomic E-state index is 13.5. The second-order valence-electron chi connectivity index (χ2n) is 10.2. The van der Waals surface area contributed by atoms with E-state index >= 15 is 0 Å². The molecule has 1 fully saturated rings. The van der Waals surface area contributed by atoms with E-state index in [9.17, 15) is 4.79 Å². The molecule has 3 aromatic carbocycles. The monoisotopic (exact) mass is 504 g/mol. The van der Waals surface area contributed by atoms with Crippen molar-refractivity contribution >= 4 is 11.7 Å². The molecule has 5 rings (SSSR count). The summed E-state index contributed by atoms with van der Waals surface area (Å²) in [7, 11) is 0. The summed E-state index contributed by atoms with van der Waals surface area (Å²) in [6.07, 6.45) is 1.58. The van der Waals surface area contributed by atoms with Gasteiger partial charge in [-0.25, -0.2) is 9.97 Å². The second kappa shape index (κ2) is 11.6. The predicted molar refractivity (Wildman–Crippen MR) is 154 cm³/mol. The number of piperazine rings is 1. The van der Waals surface area contributed by atoms with Gasteiger partial charge in [0, 0.05) is 49.4 Å². The third-order valence-electron chi connectivity index (χ3n) is 7.49. The highest BCUT2D eigenvalue weighted by Gasteiger charge is 2.29. The number of benzene rings is 3. The van der Waals surface area contributed by atoms with Crippen LogP contribution in [0.1, 0.15) is 47.2 Å². The van der Waals surface area contributed by atoms with Crippen molar-refractivity contribution in [3.8, 4) is 11.4 Å². The molecule has 1 aromatic heterocycles. The molecule has 4 aromatic rings. The van der Waals surface area contributed by atoms with Gasteiger partial charge in [-0.15, -0.1) is 0 Å². The molecule has 1 atom stereocenters. The Morgan fingerprint density at radius 1 is 0.842 bits per heavy atom. The molecule has 5 heteroatoms. The molecular weight excluding hydrogens is 468 g/mol. The van der Waals surface area contributed by atoms with Crippen LogP contribution >= 0.6 is 0 Å². The number of hydrogen-bond donors (Lipinski definition) is 0. The van der Waals surface area contributed by atoms with Crippen LogP contribution in [0.3, 0.4) is 0 Å². The van der Waals surface area contributed by atoms with Gasteiger partial charge in [-0.2, -0.15) is 0 Å². The molecule has 0 bridgehead atoms. The molecule has 0 radical (unpaired) electrons. The highest BCUT2D eigenvalue weighted by Crippen LogP contribution is 2.29. The molecule has 1 aliphatic rings. The van der Waals surface area contributed by atoms with Crippen LogP contribution in [-0.4, -0.2) is 47.0 Å². The van der Waals surface area contributed by atoms with Gasteiger partial charge in [-0.3, -0.25) is 4.79 Å². The number of aryl methyl sites for hydroxylation is 2. The summed E-state index contributed by atoms with van der Waals surface area (Å²) in [6, 6.07) is 29.0. The number of anilines is 1. The Bertz CT molecular complexity index is 1380. The number of amides is 1. The molecule has 1 saturated heterocycles. The molecule has 194 valence electrons. The van der Waals surface area contributed by atoms with Crippen molar-refractivity contribution in [1.29, 1.82) is 0 Å². The maximum atomic E-state index is 13.5. The van der Waals surface area contributed by atoms with Gasteiger partial charge >= 0.3 is 0 Å². The lowest BCUT2D eigenvalue weighted by Crippen LogP contribution is -2.50. The Hall–Kier alpha value is -3.99. The molecule has 0 unspecified atom stereocenters. The molecule has 0 saturated carbocycles. The van der Waals surface area contributed by atoms with Crippen LogP contribution in [0, 0.1) is 13.8 Å². The zero-order valence-corrected chi connectivity index (χ0v) is 22.6. The minimum Gasteiger partial charge on any atom is -0.353 e. The number of carbonyl (C=O) groups is 1. The summed E-state index contributed by atoms with van der Waals surface area (Å²) < 4.78 is 0. The summed E-state index contributed by atoms with van der Waals surface area (Å²) in [5.41, 5.74) is 6.78. The molecule has 2 heterocycles. The van der Waals surface area contributed by atoms with Crippen molar-refractivity contribution in [2.45, 2.75) is 39.5 Å². The SMILES string of the molecule is CC[C@H](C(=O)N1CCN(c2nc(-c3ccccc3)nc(C)c2Cc2cccc(C)c2)CC1)c1ccccc1. The quantitative estimate of drug-likeness (QED) is 0.301. The van der Waals surface area contributed by atoms with Crippen molar-refractivity contribution in [3.63, 3.8) is 0 Å². The molecule has 0 aliphatic carbocycles. The first-order valence-electron chi connectivity index (χ1n) is 13.6. The fraction of sp³-hybridized carbons (Fsp3) is 0.303. The van der Waals surface area contributed by atoms with E-state index in [0.29, 0.717) is 13.1 Å². The Morgan fingerprint density at radius 3 is 2.18 bits per heavy atom. The number of carbonyl (C=O) groups excluding carboxylic acids is 1. The summed E-state index contributed by atoms with van der Waals surface area (Å²) in [6.45, 7) is 9.20. The fourth-order valence-electron chi connectivity index (χ4n) is 5.39. The van der Waals surface area contributed by atoms with E-state index in [4.69, 9.17) is 9.97 Å². The molecular formula is C33H36N4O. The van der Waals surface area contributed by atoms with Crippen molar-refractivity contribution in [1.82, 2.24) is 14.9 Å². The Morgan fingerprint density at radius 2 is 1.53 bits per heavy atom. The largest absolute Gasteiger partial charge is 0.353 e. The number of aromatic nitrogens is 2. The van der Waals surface area contributed by atoms with Crippen molar-refractivity contribution in [2.24, 2.45) is 0 Å². The third-order valence-corrected chi connectivity index (χ3v) is 7.49. The summed E-state index contributed by atoms with van der Waals surface area (Å²) in [4.78, 5) is 27.9. The van der Waals surface area contributed by atoms with Crippen LogP contribution in [0.25, 0.3) is 11.4 Å². The second-order valence-corrected chi connectivity index (χ2v) is 10.2. The molecule has 0 spiro atoms. The van der Waals surface area contributed by atoms with Crippen LogP contribution in [0.4, 0.5) is 5.82 Å². The van der Waals surface area contributed by atoms with Crippen molar-refractivity contribution < 1.29 is 4.79 Å². The number of hydrogen-bond acceptors (Lipinski definition) is 4. The van der Waals surface area contributed by atoms with E-state index < -0.39 is 0 Å². The molecule has 1 aliphatic heterocycles. The van der Waals surface area contributed by atoms with E-state index in [1.807, 2.05) is 41.3 Å². The average Bonchev–Trinajstić information content (AvgIpc) is 2.95. The summed E-state index contributed by atoms with van der Waals surface area (Å²) in [5, 5.41) is 0. The average molecular weight is 505 g/mol. The molecule has 1 amide bonds. The first-order valence-corrected chi connectivity index (χ1v) is 13.6. The molecule has 0 N–H and O–H groups in total. The van der Waals surface area contributed by atoms with Gasteiger partial charge in [0.15, 0.2) is 5.82 Å². The minimum absolute atomic E-state index is 0.0920. The van der Waals surface area contributed by atoms with Crippen molar-refractivity contribution in [2.75, 3.05) is 31.1 Å². The predicted octanol–water partition coefficient (Wildman–Crippen LogP) is 6.19. The lowest BCUT2D eigenvalue weighted by Gasteiger charge is -2.38. The Kier molecular flexibility index (Phi) is 7.83. The normalized spacial score (nSPS) is 14.4. The van der Waals surface area contributed by atoms with E-state index in [1.54, 1.807) is 0 Å². The topological polar surface area (TPSA) is 49.3 Å².